The second kappa shape index (κ2) is 7.76. The predicted octanol–water partition coefficient (Wildman–Crippen LogP) is 1.99. The molecule has 0 spiro atoms. The minimum Gasteiger partial charge on any atom is -0.393 e. The van der Waals surface area contributed by atoms with Crippen LogP contribution in [0.3, 0.4) is 0 Å². The fraction of sp³-hybridized carbons (Fsp3) is 0.500. The van der Waals surface area contributed by atoms with Gasteiger partial charge in [0.25, 0.3) is 0 Å². The molecule has 0 bridgehead atoms. The molecular formula is C14H23N3O2. The summed E-state index contributed by atoms with van der Waals surface area (Å²) in [6.45, 7) is 4.75. The van der Waals surface area contributed by atoms with E-state index >= 15 is 0 Å². The number of urea groups is 1. The normalized spacial score (nSPS) is 13.8. The molecule has 2 unspecified atom stereocenters. The summed E-state index contributed by atoms with van der Waals surface area (Å²) in [5, 5.41) is 15.1. The van der Waals surface area contributed by atoms with E-state index in [0.717, 1.165) is 24.9 Å². The smallest absolute Gasteiger partial charge is 0.316 e. The SMILES string of the molecule is CC(O)CCCNC(C)c1ccc(NC(N)=O)cc1. The first-order valence-corrected chi connectivity index (χ1v) is 6.57. The summed E-state index contributed by atoms with van der Waals surface area (Å²) in [7, 11) is 0. The summed E-state index contributed by atoms with van der Waals surface area (Å²) in [5.74, 6) is 0. The lowest BCUT2D eigenvalue weighted by atomic mass is 10.1. The van der Waals surface area contributed by atoms with Crippen molar-refractivity contribution in [3.63, 3.8) is 0 Å². The minimum atomic E-state index is -0.558. The van der Waals surface area contributed by atoms with E-state index in [2.05, 4.69) is 17.6 Å². The van der Waals surface area contributed by atoms with Crippen LogP contribution in [0.1, 0.15) is 38.3 Å². The standard InChI is InChI=1S/C14H23N3O2/c1-10(18)4-3-9-16-11(2)12-5-7-13(8-6-12)17-14(15)19/h5-8,10-11,16,18H,3-4,9H2,1-2H3,(H3,15,17,19). The van der Waals surface area contributed by atoms with E-state index in [-0.39, 0.29) is 12.1 Å². The Bertz CT molecular complexity index is 390. The van der Waals surface area contributed by atoms with Crippen molar-refractivity contribution in [1.82, 2.24) is 5.32 Å². The minimum absolute atomic E-state index is 0.233. The van der Waals surface area contributed by atoms with Gasteiger partial charge in [-0.1, -0.05) is 12.1 Å². The van der Waals surface area contributed by atoms with E-state index in [9.17, 15) is 4.79 Å². The van der Waals surface area contributed by atoms with Crippen LogP contribution in [0.2, 0.25) is 0 Å². The predicted molar refractivity (Wildman–Crippen MR) is 77.0 cm³/mol. The zero-order valence-corrected chi connectivity index (χ0v) is 11.5. The van der Waals surface area contributed by atoms with Crippen LogP contribution >= 0.6 is 0 Å². The second-order valence-electron chi connectivity index (χ2n) is 4.78. The second-order valence-corrected chi connectivity index (χ2v) is 4.78. The first-order valence-electron chi connectivity index (χ1n) is 6.57. The number of carbonyl (C=O) groups excluding carboxylic acids is 1. The van der Waals surface area contributed by atoms with Crippen LogP contribution in [-0.2, 0) is 0 Å². The Morgan fingerprint density at radius 2 is 1.95 bits per heavy atom. The van der Waals surface area contributed by atoms with Crippen molar-refractivity contribution in [2.24, 2.45) is 5.73 Å². The molecule has 5 N–H and O–H groups in total. The fourth-order valence-corrected chi connectivity index (χ4v) is 1.83. The molecule has 106 valence electrons. The van der Waals surface area contributed by atoms with Crippen molar-refractivity contribution < 1.29 is 9.90 Å². The lowest BCUT2D eigenvalue weighted by molar-refractivity contribution is 0.181. The molecule has 0 saturated carbocycles. The van der Waals surface area contributed by atoms with E-state index in [1.54, 1.807) is 6.92 Å². The molecule has 2 amide bonds. The molecule has 0 aliphatic carbocycles. The third-order valence-corrected chi connectivity index (χ3v) is 2.93. The van der Waals surface area contributed by atoms with Crippen molar-refractivity contribution in [2.45, 2.75) is 38.8 Å². The van der Waals surface area contributed by atoms with Gasteiger partial charge < -0.3 is 21.5 Å². The van der Waals surface area contributed by atoms with Crippen molar-refractivity contribution in [1.29, 1.82) is 0 Å². The topological polar surface area (TPSA) is 87.4 Å². The van der Waals surface area contributed by atoms with Gasteiger partial charge in [-0.05, 0) is 50.9 Å². The highest BCUT2D eigenvalue weighted by Gasteiger charge is 2.05. The van der Waals surface area contributed by atoms with Crippen LogP contribution in [0.4, 0.5) is 10.5 Å². The van der Waals surface area contributed by atoms with Crippen molar-refractivity contribution in [2.75, 3.05) is 11.9 Å². The first-order chi connectivity index (χ1) is 8.99. The quantitative estimate of drug-likeness (QED) is 0.569. The molecule has 0 heterocycles. The van der Waals surface area contributed by atoms with E-state index in [4.69, 9.17) is 10.8 Å². The zero-order valence-electron chi connectivity index (χ0n) is 11.5. The molecule has 0 saturated heterocycles. The average molecular weight is 265 g/mol. The number of hydrogen-bond acceptors (Lipinski definition) is 3. The molecule has 1 aromatic rings. The number of benzene rings is 1. The highest BCUT2D eigenvalue weighted by atomic mass is 16.3. The molecule has 5 heteroatoms. The van der Waals surface area contributed by atoms with Gasteiger partial charge in [0.2, 0.25) is 0 Å². The van der Waals surface area contributed by atoms with E-state index in [0.29, 0.717) is 5.69 Å². The highest BCUT2D eigenvalue weighted by Crippen LogP contribution is 2.16. The van der Waals surface area contributed by atoms with Crippen LogP contribution in [0.5, 0.6) is 0 Å². The van der Waals surface area contributed by atoms with Gasteiger partial charge in [-0.2, -0.15) is 0 Å². The Morgan fingerprint density at radius 3 is 2.47 bits per heavy atom. The average Bonchev–Trinajstić information content (AvgIpc) is 2.34. The van der Waals surface area contributed by atoms with Crippen molar-refractivity contribution >= 4 is 11.7 Å². The molecule has 1 rings (SSSR count). The number of hydrogen-bond donors (Lipinski definition) is 4. The summed E-state index contributed by atoms with van der Waals surface area (Å²) in [6.07, 6.45) is 1.51. The third-order valence-electron chi connectivity index (χ3n) is 2.93. The molecule has 1 aromatic carbocycles. The Kier molecular flexibility index (Phi) is 6.32. The first kappa shape index (κ1) is 15.5. The molecule has 5 nitrogen and oxygen atoms in total. The van der Waals surface area contributed by atoms with Gasteiger partial charge in [-0.15, -0.1) is 0 Å². The maximum atomic E-state index is 10.7. The maximum absolute atomic E-state index is 10.7. The fourth-order valence-electron chi connectivity index (χ4n) is 1.83. The van der Waals surface area contributed by atoms with Crippen LogP contribution in [0.25, 0.3) is 0 Å². The number of carbonyl (C=O) groups is 1. The Labute approximate surface area is 114 Å². The van der Waals surface area contributed by atoms with Crippen LogP contribution < -0.4 is 16.4 Å². The number of rotatable bonds is 7. The van der Waals surface area contributed by atoms with Crippen LogP contribution in [0, 0.1) is 0 Å². The van der Waals surface area contributed by atoms with Gasteiger partial charge in [0.05, 0.1) is 6.10 Å². The summed E-state index contributed by atoms with van der Waals surface area (Å²) >= 11 is 0. The molecule has 0 aliphatic heterocycles. The summed E-state index contributed by atoms with van der Waals surface area (Å²) in [6, 6.07) is 7.24. The van der Waals surface area contributed by atoms with Gasteiger partial charge in [0.15, 0.2) is 0 Å². The molecule has 0 radical (unpaired) electrons. The van der Waals surface area contributed by atoms with Gasteiger partial charge in [-0.3, -0.25) is 0 Å². The number of amides is 2. The van der Waals surface area contributed by atoms with E-state index in [1.807, 2.05) is 24.3 Å². The summed E-state index contributed by atoms with van der Waals surface area (Å²) in [4.78, 5) is 10.7. The van der Waals surface area contributed by atoms with Crippen LogP contribution in [-0.4, -0.2) is 23.8 Å². The Balaban J connectivity index is 2.39. The monoisotopic (exact) mass is 265 g/mol. The van der Waals surface area contributed by atoms with Gasteiger partial charge in [0.1, 0.15) is 0 Å². The van der Waals surface area contributed by atoms with E-state index in [1.165, 1.54) is 0 Å². The summed E-state index contributed by atoms with van der Waals surface area (Å²) < 4.78 is 0. The molecule has 2 atom stereocenters. The van der Waals surface area contributed by atoms with Gasteiger partial charge in [0, 0.05) is 11.7 Å². The Hall–Kier alpha value is -1.59. The molecule has 19 heavy (non-hydrogen) atoms. The van der Waals surface area contributed by atoms with Gasteiger partial charge in [-0.25, -0.2) is 4.79 Å². The molecular weight excluding hydrogens is 242 g/mol. The van der Waals surface area contributed by atoms with Gasteiger partial charge >= 0.3 is 6.03 Å². The third kappa shape index (κ3) is 6.22. The number of primary amides is 1. The van der Waals surface area contributed by atoms with Crippen molar-refractivity contribution in [3.8, 4) is 0 Å². The largest absolute Gasteiger partial charge is 0.393 e. The number of anilines is 1. The number of aliphatic hydroxyl groups excluding tert-OH is 1. The highest BCUT2D eigenvalue weighted by molar-refractivity contribution is 5.87. The number of nitrogens with one attached hydrogen (secondary N) is 2. The van der Waals surface area contributed by atoms with E-state index < -0.39 is 6.03 Å². The zero-order chi connectivity index (χ0) is 14.3. The Morgan fingerprint density at radius 1 is 1.32 bits per heavy atom. The van der Waals surface area contributed by atoms with Crippen LogP contribution in [0.15, 0.2) is 24.3 Å². The number of nitrogens with two attached hydrogens (primary N) is 1. The molecule has 0 aromatic heterocycles. The summed E-state index contributed by atoms with van der Waals surface area (Å²) in [5.41, 5.74) is 6.88. The maximum Gasteiger partial charge on any atom is 0.316 e. The van der Waals surface area contributed by atoms with Crippen molar-refractivity contribution in [3.05, 3.63) is 29.8 Å². The lowest BCUT2D eigenvalue weighted by Crippen LogP contribution is -2.21. The molecule has 0 aliphatic rings. The lowest BCUT2D eigenvalue weighted by Gasteiger charge is -2.15. The number of aliphatic hydroxyl groups is 1. The molecule has 0 fully saturated rings.